The van der Waals surface area contributed by atoms with Crippen molar-refractivity contribution in [2.24, 2.45) is 5.41 Å². The maximum absolute atomic E-state index is 11.6. The van der Waals surface area contributed by atoms with Crippen molar-refractivity contribution in [2.75, 3.05) is 20.1 Å². The summed E-state index contributed by atoms with van der Waals surface area (Å²) in [6.07, 6.45) is 0.106. The molecule has 0 atom stereocenters. The predicted octanol–water partition coefficient (Wildman–Crippen LogP) is 0.472. The van der Waals surface area contributed by atoms with Crippen molar-refractivity contribution in [3.63, 3.8) is 0 Å². The van der Waals surface area contributed by atoms with E-state index in [1.165, 1.54) is 4.90 Å². The highest BCUT2D eigenvalue weighted by Gasteiger charge is 2.20. The molecule has 0 aliphatic heterocycles. The van der Waals surface area contributed by atoms with Crippen LogP contribution in [-0.2, 0) is 14.4 Å². The van der Waals surface area contributed by atoms with Crippen LogP contribution >= 0.6 is 0 Å². The van der Waals surface area contributed by atoms with E-state index in [4.69, 9.17) is 5.11 Å². The average molecular weight is 258 g/mol. The van der Waals surface area contributed by atoms with E-state index in [2.05, 4.69) is 5.32 Å². The van der Waals surface area contributed by atoms with Gasteiger partial charge in [-0.15, -0.1) is 0 Å². The Morgan fingerprint density at radius 1 is 1.17 bits per heavy atom. The van der Waals surface area contributed by atoms with E-state index in [1.54, 1.807) is 27.8 Å². The number of hydrogen-bond donors (Lipinski definition) is 2. The van der Waals surface area contributed by atoms with Crippen LogP contribution in [0.3, 0.4) is 0 Å². The van der Waals surface area contributed by atoms with Crippen LogP contribution in [0.25, 0.3) is 0 Å². The van der Waals surface area contributed by atoms with Crippen LogP contribution in [-0.4, -0.2) is 47.9 Å². The number of rotatable bonds is 6. The molecule has 2 N–H and O–H groups in total. The zero-order valence-corrected chi connectivity index (χ0v) is 11.4. The monoisotopic (exact) mass is 258 g/mol. The highest BCUT2D eigenvalue weighted by Crippen LogP contribution is 2.12. The molecule has 0 bridgehead atoms. The quantitative estimate of drug-likeness (QED) is 0.725. The number of carbonyl (C=O) groups is 3. The van der Waals surface area contributed by atoms with Gasteiger partial charge in [-0.25, -0.2) is 0 Å². The van der Waals surface area contributed by atoms with Crippen LogP contribution in [0.15, 0.2) is 0 Å². The molecular weight excluding hydrogens is 236 g/mol. The Morgan fingerprint density at radius 2 is 1.72 bits per heavy atom. The standard InChI is InChI=1S/C12H22N2O4/c1-12(2,3)11(18)13-7-5-9(15)14(4)8-6-10(16)17/h5-8H2,1-4H3,(H,13,18)(H,16,17). The summed E-state index contributed by atoms with van der Waals surface area (Å²) in [7, 11) is 1.55. The lowest BCUT2D eigenvalue weighted by Gasteiger charge is -2.19. The van der Waals surface area contributed by atoms with Crippen LogP contribution in [0.4, 0.5) is 0 Å². The third kappa shape index (κ3) is 6.88. The van der Waals surface area contributed by atoms with Gasteiger partial charge in [0.05, 0.1) is 6.42 Å². The van der Waals surface area contributed by atoms with Crippen molar-refractivity contribution in [1.82, 2.24) is 10.2 Å². The molecule has 0 spiro atoms. The fourth-order valence-corrected chi connectivity index (χ4v) is 1.13. The Morgan fingerprint density at radius 3 is 2.17 bits per heavy atom. The molecule has 0 rings (SSSR count). The van der Waals surface area contributed by atoms with E-state index in [0.29, 0.717) is 0 Å². The van der Waals surface area contributed by atoms with Gasteiger partial charge >= 0.3 is 5.97 Å². The summed E-state index contributed by atoms with van der Waals surface area (Å²) >= 11 is 0. The molecule has 6 heteroatoms. The lowest BCUT2D eigenvalue weighted by Crippen LogP contribution is -2.38. The van der Waals surface area contributed by atoms with Crippen LogP contribution in [0, 0.1) is 5.41 Å². The first-order valence-corrected chi connectivity index (χ1v) is 5.88. The first-order valence-electron chi connectivity index (χ1n) is 5.88. The molecule has 0 aliphatic rings. The van der Waals surface area contributed by atoms with Gasteiger partial charge in [-0.05, 0) is 0 Å². The number of carboxylic acid groups (broad SMARTS) is 1. The van der Waals surface area contributed by atoms with E-state index in [0.717, 1.165) is 0 Å². The molecule has 0 fully saturated rings. The Hall–Kier alpha value is -1.59. The van der Waals surface area contributed by atoms with Crippen LogP contribution < -0.4 is 5.32 Å². The minimum absolute atomic E-state index is 0.0728. The van der Waals surface area contributed by atoms with E-state index in [-0.39, 0.29) is 37.7 Å². The molecule has 6 nitrogen and oxygen atoms in total. The van der Waals surface area contributed by atoms with E-state index < -0.39 is 11.4 Å². The molecule has 104 valence electrons. The predicted molar refractivity (Wildman–Crippen MR) is 67.0 cm³/mol. The molecule has 0 saturated carbocycles. The Labute approximate surface area is 107 Å². The van der Waals surface area contributed by atoms with Crippen LogP contribution in [0.1, 0.15) is 33.6 Å². The van der Waals surface area contributed by atoms with Crippen molar-refractivity contribution < 1.29 is 19.5 Å². The van der Waals surface area contributed by atoms with Gasteiger partial charge in [0.15, 0.2) is 0 Å². The molecule has 0 aromatic rings. The summed E-state index contributed by atoms with van der Waals surface area (Å²) in [5, 5.41) is 11.2. The summed E-state index contributed by atoms with van der Waals surface area (Å²) in [5.41, 5.74) is -0.474. The van der Waals surface area contributed by atoms with Gasteiger partial charge in [-0.1, -0.05) is 20.8 Å². The number of carbonyl (C=O) groups excluding carboxylic acids is 2. The minimum Gasteiger partial charge on any atom is -0.481 e. The second kappa shape index (κ2) is 6.98. The SMILES string of the molecule is CN(CCC(=O)O)C(=O)CCNC(=O)C(C)(C)C. The lowest BCUT2D eigenvalue weighted by molar-refractivity contribution is -0.138. The van der Waals surface area contributed by atoms with Crippen molar-refractivity contribution in [3.8, 4) is 0 Å². The van der Waals surface area contributed by atoms with Crippen molar-refractivity contribution in [2.45, 2.75) is 33.6 Å². The fourth-order valence-electron chi connectivity index (χ4n) is 1.13. The van der Waals surface area contributed by atoms with Gasteiger partial charge in [0.2, 0.25) is 11.8 Å². The second-order valence-corrected chi connectivity index (χ2v) is 5.21. The molecule has 18 heavy (non-hydrogen) atoms. The fraction of sp³-hybridized carbons (Fsp3) is 0.750. The molecule has 0 radical (unpaired) electrons. The molecule has 0 unspecified atom stereocenters. The third-order valence-corrected chi connectivity index (χ3v) is 2.39. The Balaban J connectivity index is 3.90. The lowest BCUT2D eigenvalue weighted by atomic mass is 9.96. The van der Waals surface area contributed by atoms with Gasteiger partial charge < -0.3 is 15.3 Å². The first kappa shape index (κ1) is 16.4. The highest BCUT2D eigenvalue weighted by atomic mass is 16.4. The normalized spacial score (nSPS) is 10.9. The zero-order valence-electron chi connectivity index (χ0n) is 11.4. The number of nitrogens with one attached hydrogen (secondary N) is 1. The highest BCUT2D eigenvalue weighted by molar-refractivity contribution is 5.82. The molecule has 0 heterocycles. The van der Waals surface area contributed by atoms with Crippen molar-refractivity contribution in [3.05, 3.63) is 0 Å². The van der Waals surface area contributed by atoms with E-state index in [9.17, 15) is 14.4 Å². The summed E-state index contributed by atoms with van der Waals surface area (Å²) in [5.74, 6) is -1.22. The largest absolute Gasteiger partial charge is 0.481 e. The maximum atomic E-state index is 11.6. The van der Waals surface area contributed by atoms with Gasteiger partial charge in [0, 0.05) is 32.0 Å². The average Bonchev–Trinajstić information content (AvgIpc) is 2.23. The molecule has 0 aliphatic carbocycles. The molecule has 0 saturated heterocycles. The van der Waals surface area contributed by atoms with E-state index >= 15 is 0 Å². The minimum atomic E-state index is -0.935. The zero-order chi connectivity index (χ0) is 14.3. The first-order chi connectivity index (χ1) is 8.14. The molecule has 0 aromatic carbocycles. The summed E-state index contributed by atoms with van der Waals surface area (Å²) in [4.78, 5) is 34.8. The second-order valence-electron chi connectivity index (χ2n) is 5.21. The molecule has 0 aromatic heterocycles. The number of carboxylic acids is 1. The van der Waals surface area contributed by atoms with Gasteiger partial charge in [0.1, 0.15) is 0 Å². The summed E-state index contributed by atoms with van der Waals surface area (Å²) < 4.78 is 0. The van der Waals surface area contributed by atoms with Crippen LogP contribution in [0.2, 0.25) is 0 Å². The van der Waals surface area contributed by atoms with Gasteiger partial charge in [0.25, 0.3) is 0 Å². The maximum Gasteiger partial charge on any atom is 0.305 e. The van der Waals surface area contributed by atoms with E-state index in [1.807, 2.05) is 0 Å². The number of amides is 2. The number of hydrogen-bond acceptors (Lipinski definition) is 3. The summed E-state index contributed by atoms with van der Waals surface area (Å²) in [6.45, 7) is 5.84. The van der Waals surface area contributed by atoms with Gasteiger partial charge in [-0.3, -0.25) is 14.4 Å². The van der Waals surface area contributed by atoms with Crippen LogP contribution in [0.5, 0.6) is 0 Å². The molecular formula is C12H22N2O4. The Kier molecular flexibility index (Phi) is 6.36. The van der Waals surface area contributed by atoms with Crippen molar-refractivity contribution in [1.29, 1.82) is 0 Å². The van der Waals surface area contributed by atoms with Crippen molar-refractivity contribution >= 4 is 17.8 Å². The molecule has 2 amide bonds. The summed E-state index contributed by atoms with van der Waals surface area (Å²) in [6, 6.07) is 0. The number of nitrogens with zero attached hydrogens (tertiary/aromatic N) is 1. The third-order valence-electron chi connectivity index (χ3n) is 2.39. The topological polar surface area (TPSA) is 86.7 Å². The smallest absolute Gasteiger partial charge is 0.305 e. The Bertz CT molecular complexity index is 321. The van der Waals surface area contributed by atoms with Gasteiger partial charge in [-0.2, -0.15) is 0 Å². The number of aliphatic carboxylic acids is 1.